The van der Waals surface area contributed by atoms with Gasteiger partial charge in [0.25, 0.3) is 0 Å². The summed E-state index contributed by atoms with van der Waals surface area (Å²) in [6, 6.07) is 19.0. The number of benzene rings is 2. The lowest BCUT2D eigenvalue weighted by molar-refractivity contribution is 0.00578. The van der Waals surface area contributed by atoms with Gasteiger partial charge in [-0.1, -0.05) is 60.7 Å². The Hall–Kier alpha value is -1.91. The summed E-state index contributed by atoms with van der Waals surface area (Å²) < 4.78 is 27.2. The van der Waals surface area contributed by atoms with Crippen molar-refractivity contribution in [3.05, 3.63) is 77.5 Å². The van der Waals surface area contributed by atoms with E-state index in [2.05, 4.69) is 0 Å². The fourth-order valence-electron chi connectivity index (χ4n) is 2.72. The lowest BCUT2D eigenvalue weighted by Gasteiger charge is -2.32. The highest BCUT2D eigenvalue weighted by atomic mass is 19.1. The van der Waals surface area contributed by atoms with Crippen molar-refractivity contribution in [2.45, 2.75) is 38.9 Å². The standard InChI is InChI=1S/C20H22BFO2/c1-19(2)20(3,4)24-21(23-19)18(22)17(15-11-7-5-8-12-15)16-13-9-6-10-14-16/h5-14H,1-4H3. The topological polar surface area (TPSA) is 18.5 Å². The second kappa shape index (κ2) is 6.19. The second-order valence-electron chi connectivity index (χ2n) is 7.04. The van der Waals surface area contributed by atoms with Gasteiger partial charge in [0.1, 0.15) is 5.73 Å². The minimum Gasteiger partial charge on any atom is -0.398 e. The Kier molecular flexibility index (Phi) is 4.37. The first-order valence-electron chi connectivity index (χ1n) is 8.18. The number of rotatable bonds is 3. The quantitative estimate of drug-likeness (QED) is 0.736. The summed E-state index contributed by atoms with van der Waals surface area (Å²) in [4.78, 5) is 0. The molecular formula is C20H22BFO2. The fourth-order valence-corrected chi connectivity index (χ4v) is 2.72. The second-order valence-corrected chi connectivity index (χ2v) is 7.04. The van der Waals surface area contributed by atoms with Gasteiger partial charge in [0, 0.05) is 5.57 Å². The van der Waals surface area contributed by atoms with E-state index in [9.17, 15) is 0 Å². The van der Waals surface area contributed by atoms with Crippen molar-refractivity contribution >= 4 is 12.7 Å². The molecule has 1 saturated heterocycles. The predicted octanol–water partition coefficient (Wildman–Crippen LogP) is 5.05. The number of halogens is 1. The van der Waals surface area contributed by atoms with Crippen LogP contribution in [-0.2, 0) is 9.31 Å². The van der Waals surface area contributed by atoms with Gasteiger partial charge >= 0.3 is 7.12 Å². The Morgan fingerprint density at radius 3 is 1.50 bits per heavy atom. The van der Waals surface area contributed by atoms with Crippen LogP contribution in [0.1, 0.15) is 38.8 Å². The molecule has 0 N–H and O–H groups in total. The lowest BCUT2D eigenvalue weighted by atomic mass is 9.80. The molecule has 0 spiro atoms. The monoisotopic (exact) mass is 324 g/mol. The van der Waals surface area contributed by atoms with Gasteiger partial charge in [-0.15, -0.1) is 0 Å². The summed E-state index contributed by atoms with van der Waals surface area (Å²) in [5, 5.41) is 0. The van der Waals surface area contributed by atoms with Crippen molar-refractivity contribution in [3.8, 4) is 0 Å². The van der Waals surface area contributed by atoms with E-state index in [1.165, 1.54) is 0 Å². The summed E-state index contributed by atoms with van der Waals surface area (Å²) in [7, 11) is -1.01. The fraction of sp³-hybridized carbons (Fsp3) is 0.300. The molecular weight excluding hydrogens is 302 g/mol. The van der Waals surface area contributed by atoms with Crippen molar-refractivity contribution in [2.24, 2.45) is 0 Å². The SMILES string of the molecule is CC1(C)OB(C(F)=C(c2ccccc2)c2ccccc2)OC1(C)C. The molecule has 4 heteroatoms. The maximum absolute atomic E-state index is 15.5. The number of hydrogen-bond acceptors (Lipinski definition) is 2. The highest BCUT2D eigenvalue weighted by Gasteiger charge is 2.53. The average molecular weight is 324 g/mol. The first-order valence-corrected chi connectivity index (χ1v) is 8.18. The van der Waals surface area contributed by atoms with Gasteiger partial charge in [-0.25, -0.2) is 4.39 Å². The largest absolute Gasteiger partial charge is 0.525 e. The van der Waals surface area contributed by atoms with Crippen LogP contribution in [0, 0.1) is 0 Å². The molecule has 1 aliphatic heterocycles. The first kappa shape index (κ1) is 16.9. The molecule has 0 saturated carbocycles. The molecule has 2 nitrogen and oxygen atoms in total. The molecule has 0 aliphatic carbocycles. The van der Waals surface area contributed by atoms with Crippen molar-refractivity contribution in [1.82, 2.24) is 0 Å². The van der Waals surface area contributed by atoms with Gasteiger partial charge in [-0.05, 0) is 38.8 Å². The third-order valence-electron chi connectivity index (χ3n) is 4.82. The molecule has 0 aromatic heterocycles. The molecule has 0 atom stereocenters. The van der Waals surface area contributed by atoms with E-state index < -0.39 is 24.0 Å². The van der Waals surface area contributed by atoms with Crippen LogP contribution in [0.2, 0.25) is 0 Å². The van der Waals surface area contributed by atoms with E-state index in [1.54, 1.807) is 0 Å². The molecule has 0 bridgehead atoms. The van der Waals surface area contributed by atoms with Crippen LogP contribution in [0.4, 0.5) is 4.39 Å². The van der Waals surface area contributed by atoms with Crippen LogP contribution in [0.5, 0.6) is 0 Å². The van der Waals surface area contributed by atoms with Gasteiger partial charge < -0.3 is 9.31 Å². The van der Waals surface area contributed by atoms with Crippen LogP contribution in [0.25, 0.3) is 5.57 Å². The van der Waals surface area contributed by atoms with Crippen LogP contribution in [0.3, 0.4) is 0 Å². The summed E-state index contributed by atoms with van der Waals surface area (Å²) in [6.07, 6.45) is 0. The van der Waals surface area contributed by atoms with Crippen molar-refractivity contribution in [1.29, 1.82) is 0 Å². The van der Waals surface area contributed by atoms with Crippen molar-refractivity contribution < 1.29 is 13.7 Å². The van der Waals surface area contributed by atoms with Crippen LogP contribution < -0.4 is 0 Å². The maximum atomic E-state index is 15.5. The molecule has 1 fully saturated rings. The number of hydrogen-bond donors (Lipinski definition) is 0. The Labute approximate surface area is 143 Å². The van der Waals surface area contributed by atoms with E-state index in [0.717, 1.165) is 11.1 Å². The van der Waals surface area contributed by atoms with Gasteiger partial charge in [0.2, 0.25) is 0 Å². The van der Waals surface area contributed by atoms with Gasteiger partial charge in [0.05, 0.1) is 11.2 Å². The normalized spacial score (nSPS) is 18.5. The zero-order valence-electron chi connectivity index (χ0n) is 14.5. The van der Waals surface area contributed by atoms with E-state index in [1.807, 2.05) is 88.4 Å². The van der Waals surface area contributed by atoms with Gasteiger partial charge in [-0.2, -0.15) is 0 Å². The highest BCUT2D eigenvalue weighted by Crippen LogP contribution is 2.41. The van der Waals surface area contributed by atoms with Crippen LogP contribution in [-0.4, -0.2) is 18.3 Å². The van der Waals surface area contributed by atoms with E-state index >= 15 is 4.39 Å². The molecule has 2 aromatic rings. The zero-order valence-corrected chi connectivity index (χ0v) is 14.5. The molecule has 1 heterocycles. The van der Waals surface area contributed by atoms with Crippen LogP contribution in [0.15, 0.2) is 66.4 Å². The molecule has 0 radical (unpaired) electrons. The van der Waals surface area contributed by atoms with Crippen molar-refractivity contribution in [3.63, 3.8) is 0 Å². The summed E-state index contributed by atoms with van der Waals surface area (Å²) in [5.74, 6) is 0. The van der Waals surface area contributed by atoms with Gasteiger partial charge in [-0.3, -0.25) is 0 Å². The van der Waals surface area contributed by atoms with E-state index in [4.69, 9.17) is 9.31 Å². The molecule has 0 amide bonds. The summed E-state index contributed by atoms with van der Waals surface area (Å²) in [5.41, 5.74) is 0.564. The Balaban J connectivity index is 2.10. The Morgan fingerprint density at radius 1 is 0.750 bits per heavy atom. The third-order valence-corrected chi connectivity index (χ3v) is 4.82. The molecule has 0 unspecified atom stereocenters. The molecule has 3 rings (SSSR count). The molecule has 2 aromatic carbocycles. The van der Waals surface area contributed by atoms with Crippen molar-refractivity contribution in [2.75, 3.05) is 0 Å². The summed E-state index contributed by atoms with van der Waals surface area (Å²) >= 11 is 0. The first-order chi connectivity index (χ1) is 11.3. The Bertz CT molecular complexity index is 681. The molecule has 124 valence electrons. The summed E-state index contributed by atoms with van der Waals surface area (Å²) in [6.45, 7) is 7.69. The Morgan fingerprint density at radius 2 is 1.12 bits per heavy atom. The third kappa shape index (κ3) is 3.04. The zero-order chi connectivity index (χ0) is 17.4. The van der Waals surface area contributed by atoms with Crippen LogP contribution >= 0.6 is 0 Å². The van der Waals surface area contributed by atoms with Gasteiger partial charge in [0.15, 0.2) is 0 Å². The minimum atomic E-state index is -1.01. The predicted molar refractivity (Wildman–Crippen MR) is 96.1 cm³/mol. The smallest absolute Gasteiger partial charge is 0.398 e. The lowest BCUT2D eigenvalue weighted by Crippen LogP contribution is -2.41. The molecule has 1 aliphatic rings. The minimum absolute atomic E-state index is 0.397. The highest BCUT2D eigenvalue weighted by molar-refractivity contribution is 6.55. The van der Waals surface area contributed by atoms with E-state index in [0.29, 0.717) is 5.57 Å². The molecule has 24 heavy (non-hydrogen) atoms. The van der Waals surface area contributed by atoms with E-state index in [-0.39, 0.29) is 0 Å². The average Bonchev–Trinajstić information content (AvgIpc) is 2.78. The maximum Gasteiger partial charge on any atom is 0.525 e.